The van der Waals surface area contributed by atoms with Gasteiger partial charge in [0.2, 0.25) is 0 Å². The van der Waals surface area contributed by atoms with E-state index in [0.29, 0.717) is 17.4 Å². The van der Waals surface area contributed by atoms with E-state index in [1.807, 2.05) is 13.0 Å². The molecule has 10 heteroatoms. The molecule has 0 amide bonds. The molecular formula is C20H24ClIN5OPS. The number of halogens is 2. The average Bonchev–Trinajstić information content (AvgIpc) is 3.09. The molecule has 1 unspecified atom stereocenters. The van der Waals surface area contributed by atoms with Crippen molar-refractivity contribution in [2.75, 3.05) is 36.1 Å². The Morgan fingerprint density at radius 2 is 2.03 bits per heavy atom. The number of ether oxygens (including phenoxy) is 1. The highest BCUT2D eigenvalue weighted by Gasteiger charge is 2.20. The molecule has 0 saturated carbocycles. The van der Waals surface area contributed by atoms with E-state index < -0.39 is 0 Å². The van der Waals surface area contributed by atoms with Gasteiger partial charge in [-0.2, -0.15) is 0 Å². The molecule has 1 fully saturated rings. The molecular weight excluding hydrogens is 552 g/mol. The molecule has 1 aliphatic heterocycles. The van der Waals surface area contributed by atoms with Crippen molar-refractivity contribution < 1.29 is 4.74 Å². The van der Waals surface area contributed by atoms with Gasteiger partial charge in [0.15, 0.2) is 5.65 Å². The molecule has 160 valence electrons. The number of fused-ring (bicyclic) bond motifs is 1. The highest BCUT2D eigenvalue weighted by Crippen LogP contribution is 2.39. The summed E-state index contributed by atoms with van der Waals surface area (Å²) in [6, 6.07) is 8.54. The standard InChI is InChI=1S/C20H24ClIN5OPS/c1-12-23-19-16(11-18(21)25-20(19)27(12)29-22)24-15-5-4-14(10-17(15)26(2)30-3)13-6-8-28-9-7-13/h4-5,10-11,13,29H,6-9H2,1-3H3,(H,24,25). The van der Waals surface area contributed by atoms with Crippen LogP contribution in [0.3, 0.4) is 0 Å². The van der Waals surface area contributed by atoms with Crippen molar-refractivity contribution in [1.29, 1.82) is 0 Å². The van der Waals surface area contributed by atoms with E-state index >= 15 is 0 Å². The largest absolute Gasteiger partial charge is 0.381 e. The number of aromatic nitrogens is 3. The summed E-state index contributed by atoms with van der Waals surface area (Å²) in [6.45, 7) is 3.68. The maximum absolute atomic E-state index is 6.37. The fraction of sp³-hybridized carbons (Fsp3) is 0.400. The second-order valence-electron chi connectivity index (χ2n) is 7.21. The third-order valence-electron chi connectivity index (χ3n) is 5.43. The van der Waals surface area contributed by atoms with E-state index in [0.717, 1.165) is 60.1 Å². The summed E-state index contributed by atoms with van der Waals surface area (Å²) in [5.41, 5.74) is 6.05. The van der Waals surface area contributed by atoms with Crippen LogP contribution in [0.2, 0.25) is 5.15 Å². The normalized spacial score (nSPS) is 15.4. The zero-order valence-corrected chi connectivity index (χ0v) is 21.8. The first-order chi connectivity index (χ1) is 14.5. The summed E-state index contributed by atoms with van der Waals surface area (Å²) in [5.74, 6) is 1.48. The number of nitrogens with one attached hydrogen (secondary N) is 1. The van der Waals surface area contributed by atoms with E-state index in [1.165, 1.54) is 5.56 Å². The summed E-state index contributed by atoms with van der Waals surface area (Å²) < 4.78 is 9.82. The lowest BCUT2D eigenvalue weighted by Crippen LogP contribution is -2.15. The van der Waals surface area contributed by atoms with Gasteiger partial charge >= 0.3 is 0 Å². The van der Waals surface area contributed by atoms with Gasteiger partial charge in [0.1, 0.15) is 16.5 Å². The summed E-state index contributed by atoms with van der Waals surface area (Å²) >= 11 is 10.4. The number of anilines is 3. The molecule has 0 spiro atoms. The Morgan fingerprint density at radius 3 is 2.73 bits per heavy atom. The Balaban J connectivity index is 1.75. The lowest BCUT2D eigenvalue weighted by Gasteiger charge is -2.26. The molecule has 3 heterocycles. The van der Waals surface area contributed by atoms with Crippen LogP contribution in [-0.4, -0.2) is 40.8 Å². The van der Waals surface area contributed by atoms with Gasteiger partial charge in [-0.25, -0.2) is 9.97 Å². The van der Waals surface area contributed by atoms with Gasteiger partial charge in [-0.05, 0) is 65.4 Å². The minimum atomic E-state index is 0.458. The lowest BCUT2D eigenvalue weighted by atomic mass is 9.91. The smallest absolute Gasteiger partial charge is 0.167 e. The number of benzene rings is 1. The predicted molar refractivity (Wildman–Crippen MR) is 139 cm³/mol. The molecule has 1 aromatic carbocycles. The monoisotopic (exact) mass is 575 g/mol. The van der Waals surface area contributed by atoms with E-state index in [2.05, 4.69) is 72.5 Å². The quantitative estimate of drug-likeness (QED) is 0.156. The van der Waals surface area contributed by atoms with Crippen LogP contribution in [0.15, 0.2) is 24.3 Å². The molecule has 30 heavy (non-hydrogen) atoms. The fourth-order valence-electron chi connectivity index (χ4n) is 3.77. The summed E-state index contributed by atoms with van der Waals surface area (Å²) in [7, 11) is 2.09. The van der Waals surface area contributed by atoms with Gasteiger partial charge in [0, 0.05) is 32.6 Å². The highest BCUT2D eigenvalue weighted by atomic mass is 127. The maximum atomic E-state index is 6.37. The number of hydrogen-bond acceptors (Lipinski definition) is 6. The van der Waals surface area contributed by atoms with Crippen molar-refractivity contribution in [3.8, 4) is 0 Å². The van der Waals surface area contributed by atoms with Gasteiger partial charge in [-0.3, -0.25) is 4.34 Å². The maximum Gasteiger partial charge on any atom is 0.167 e. The topological polar surface area (TPSA) is 55.2 Å². The first kappa shape index (κ1) is 22.4. The van der Waals surface area contributed by atoms with Crippen LogP contribution >= 0.6 is 52.0 Å². The van der Waals surface area contributed by atoms with Crippen molar-refractivity contribution in [2.24, 2.45) is 0 Å². The van der Waals surface area contributed by atoms with Crippen LogP contribution in [0.5, 0.6) is 0 Å². The molecule has 0 radical (unpaired) electrons. The predicted octanol–water partition coefficient (Wildman–Crippen LogP) is 6.54. The molecule has 1 aliphatic rings. The van der Waals surface area contributed by atoms with Gasteiger partial charge in [-0.15, -0.1) is 0 Å². The van der Waals surface area contributed by atoms with Crippen LogP contribution in [-0.2, 0) is 4.74 Å². The van der Waals surface area contributed by atoms with Crippen molar-refractivity contribution in [3.05, 3.63) is 40.8 Å². The molecule has 6 nitrogen and oxygen atoms in total. The Bertz CT molecular complexity index is 1060. The molecule has 3 aromatic rings. The van der Waals surface area contributed by atoms with Gasteiger partial charge in [0.25, 0.3) is 0 Å². The molecule has 4 rings (SSSR count). The molecule has 0 bridgehead atoms. The first-order valence-corrected chi connectivity index (χ1v) is 15.3. The Morgan fingerprint density at radius 1 is 1.27 bits per heavy atom. The molecule has 1 N–H and O–H groups in total. The summed E-state index contributed by atoms with van der Waals surface area (Å²) in [5, 5.41) is 4.04. The van der Waals surface area contributed by atoms with Crippen LogP contribution in [0, 0.1) is 6.92 Å². The number of rotatable bonds is 6. The van der Waals surface area contributed by atoms with Crippen molar-refractivity contribution in [1.82, 2.24) is 14.3 Å². The summed E-state index contributed by atoms with van der Waals surface area (Å²) in [6.07, 6.45) is 4.74. The first-order valence-electron chi connectivity index (χ1n) is 9.70. The Labute approximate surface area is 201 Å². The molecule has 0 aliphatic carbocycles. The number of nitrogens with zero attached hydrogens (tertiary/aromatic N) is 4. The third-order valence-corrected chi connectivity index (χ3v) is 8.52. The zero-order chi connectivity index (χ0) is 21.3. The molecule has 2 aromatic heterocycles. The number of aryl methyl sites for hydroxylation is 1. The Hall–Kier alpha value is -0.800. The number of hydrogen-bond donors (Lipinski definition) is 1. The Kier molecular flexibility index (Phi) is 7.30. The molecule has 1 saturated heterocycles. The lowest BCUT2D eigenvalue weighted by molar-refractivity contribution is 0.0853. The third kappa shape index (κ3) is 4.53. The van der Waals surface area contributed by atoms with E-state index in [9.17, 15) is 0 Å². The minimum absolute atomic E-state index is 0.458. The second-order valence-corrected chi connectivity index (χ2v) is 10.6. The van der Waals surface area contributed by atoms with Crippen molar-refractivity contribution in [3.63, 3.8) is 0 Å². The van der Waals surface area contributed by atoms with Crippen LogP contribution in [0.4, 0.5) is 17.1 Å². The van der Waals surface area contributed by atoms with Crippen molar-refractivity contribution in [2.45, 2.75) is 25.7 Å². The van der Waals surface area contributed by atoms with Crippen LogP contribution < -0.4 is 9.62 Å². The van der Waals surface area contributed by atoms with Crippen LogP contribution in [0.25, 0.3) is 11.2 Å². The van der Waals surface area contributed by atoms with E-state index in [4.69, 9.17) is 21.3 Å². The fourth-order valence-corrected chi connectivity index (χ4v) is 6.44. The van der Waals surface area contributed by atoms with Crippen molar-refractivity contribution >= 4 is 80.2 Å². The summed E-state index contributed by atoms with van der Waals surface area (Å²) in [4.78, 5) is 9.28. The second kappa shape index (κ2) is 9.77. The van der Waals surface area contributed by atoms with Gasteiger partial charge in [-0.1, -0.05) is 29.6 Å². The minimum Gasteiger partial charge on any atom is -0.381 e. The number of pyridine rings is 1. The average molecular weight is 576 g/mol. The zero-order valence-electron chi connectivity index (χ0n) is 17.1. The van der Waals surface area contributed by atoms with Gasteiger partial charge in [0.05, 0.1) is 23.4 Å². The number of imidazole rings is 1. The van der Waals surface area contributed by atoms with E-state index in [1.54, 1.807) is 11.9 Å². The highest BCUT2D eigenvalue weighted by molar-refractivity contribution is 14.2. The molecule has 1 atom stereocenters. The van der Waals surface area contributed by atoms with Gasteiger partial charge < -0.3 is 14.4 Å². The van der Waals surface area contributed by atoms with Crippen LogP contribution in [0.1, 0.15) is 30.1 Å². The van der Waals surface area contributed by atoms with E-state index in [-0.39, 0.29) is 0 Å². The SMILES string of the molecule is CSN(C)c1cc(C2CCOCC2)ccc1Nc1cc(Cl)nc2c1nc(C)n2PI.